The van der Waals surface area contributed by atoms with Crippen molar-refractivity contribution in [3.8, 4) is 5.75 Å². The zero-order valence-corrected chi connectivity index (χ0v) is 12.8. The first-order chi connectivity index (χ1) is 8.58. The van der Waals surface area contributed by atoms with Crippen molar-refractivity contribution >= 4 is 15.9 Å². The summed E-state index contributed by atoms with van der Waals surface area (Å²) in [5.74, 6) is 1.36. The zero-order valence-electron chi connectivity index (χ0n) is 11.2. The number of ether oxygens (including phenoxy) is 1. The summed E-state index contributed by atoms with van der Waals surface area (Å²) in [6, 6.07) is 6.27. The quantitative estimate of drug-likeness (QED) is 0.813. The second-order valence-electron chi connectivity index (χ2n) is 4.70. The number of hydrogen-bond donors (Lipinski definition) is 2. The standard InChI is InChI=1S/C14H22BrNO2/c1-10(2)14(6-7-17)16-9-11-8-12(18-3)4-5-13(11)15/h4-5,8,10,14,16-17H,6-7,9H2,1-3H3. The van der Waals surface area contributed by atoms with E-state index in [9.17, 15) is 0 Å². The fraction of sp³-hybridized carbons (Fsp3) is 0.571. The molecular formula is C14H22BrNO2. The molecule has 1 rings (SSSR count). The van der Waals surface area contributed by atoms with E-state index in [-0.39, 0.29) is 6.61 Å². The number of rotatable bonds is 7. The van der Waals surface area contributed by atoms with Gasteiger partial charge < -0.3 is 15.2 Å². The van der Waals surface area contributed by atoms with Crippen molar-refractivity contribution in [1.29, 1.82) is 0 Å². The van der Waals surface area contributed by atoms with Crippen molar-refractivity contribution < 1.29 is 9.84 Å². The van der Waals surface area contributed by atoms with Crippen molar-refractivity contribution in [2.45, 2.75) is 32.9 Å². The van der Waals surface area contributed by atoms with Crippen LogP contribution in [0.3, 0.4) is 0 Å². The first kappa shape index (κ1) is 15.5. The molecule has 1 unspecified atom stereocenters. The molecule has 0 aromatic heterocycles. The van der Waals surface area contributed by atoms with Crippen LogP contribution in [0.4, 0.5) is 0 Å². The second-order valence-corrected chi connectivity index (χ2v) is 5.56. The molecule has 102 valence electrons. The number of methoxy groups -OCH3 is 1. The van der Waals surface area contributed by atoms with Gasteiger partial charge in [-0.2, -0.15) is 0 Å². The molecule has 3 nitrogen and oxygen atoms in total. The van der Waals surface area contributed by atoms with Crippen molar-refractivity contribution in [2.24, 2.45) is 5.92 Å². The molecule has 0 bridgehead atoms. The van der Waals surface area contributed by atoms with E-state index in [1.807, 2.05) is 18.2 Å². The Kier molecular flexibility index (Phi) is 6.68. The maximum Gasteiger partial charge on any atom is 0.119 e. The number of aliphatic hydroxyl groups excluding tert-OH is 1. The highest BCUT2D eigenvalue weighted by Gasteiger charge is 2.12. The Morgan fingerprint density at radius 3 is 2.67 bits per heavy atom. The van der Waals surface area contributed by atoms with Crippen molar-refractivity contribution in [2.75, 3.05) is 13.7 Å². The highest BCUT2D eigenvalue weighted by molar-refractivity contribution is 9.10. The third-order valence-electron chi connectivity index (χ3n) is 3.05. The molecule has 1 atom stereocenters. The van der Waals surface area contributed by atoms with E-state index in [0.717, 1.165) is 28.8 Å². The average Bonchev–Trinajstić information content (AvgIpc) is 2.35. The topological polar surface area (TPSA) is 41.5 Å². The summed E-state index contributed by atoms with van der Waals surface area (Å²) in [7, 11) is 1.67. The first-order valence-corrected chi connectivity index (χ1v) is 7.04. The third kappa shape index (κ3) is 4.59. The zero-order chi connectivity index (χ0) is 13.5. The Labute approximate surface area is 118 Å². The molecule has 0 fully saturated rings. The molecule has 1 aromatic rings. The predicted molar refractivity (Wildman–Crippen MR) is 77.9 cm³/mol. The number of nitrogens with one attached hydrogen (secondary N) is 1. The molecule has 0 aliphatic rings. The largest absolute Gasteiger partial charge is 0.497 e. The van der Waals surface area contributed by atoms with Gasteiger partial charge in [0.15, 0.2) is 0 Å². The van der Waals surface area contributed by atoms with Crippen LogP contribution < -0.4 is 10.1 Å². The van der Waals surface area contributed by atoms with E-state index in [2.05, 4.69) is 35.1 Å². The van der Waals surface area contributed by atoms with Gasteiger partial charge >= 0.3 is 0 Å². The highest BCUT2D eigenvalue weighted by atomic mass is 79.9. The van der Waals surface area contributed by atoms with Crippen molar-refractivity contribution in [3.63, 3.8) is 0 Å². The molecule has 0 aliphatic heterocycles. The Bertz CT molecular complexity index is 369. The molecule has 0 radical (unpaired) electrons. The summed E-state index contributed by atoms with van der Waals surface area (Å²) >= 11 is 3.54. The Morgan fingerprint density at radius 1 is 1.39 bits per heavy atom. The molecule has 0 aliphatic carbocycles. The smallest absolute Gasteiger partial charge is 0.119 e. The van der Waals surface area contributed by atoms with Gasteiger partial charge in [0.05, 0.1) is 7.11 Å². The highest BCUT2D eigenvalue weighted by Crippen LogP contribution is 2.22. The van der Waals surface area contributed by atoms with Crippen LogP contribution in [0.5, 0.6) is 5.75 Å². The summed E-state index contributed by atoms with van der Waals surface area (Å²) in [4.78, 5) is 0. The second kappa shape index (κ2) is 7.77. The summed E-state index contributed by atoms with van der Waals surface area (Å²) in [6.45, 7) is 5.30. The van der Waals surface area contributed by atoms with Crippen LogP contribution in [-0.2, 0) is 6.54 Å². The minimum Gasteiger partial charge on any atom is -0.497 e. The van der Waals surface area contributed by atoms with Crippen LogP contribution in [0.25, 0.3) is 0 Å². The van der Waals surface area contributed by atoms with Crippen molar-refractivity contribution in [3.05, 3.63) is 28.2 Å². The fourth-order valence-electron chi connectivity index (χ4n) is 1.86. The fourth-order valence-corrected chi connectivity index (χ4v) is 2.25. The van der Waals surface area contributed by atoms with Crippen LogP contribution >= 0.6 is 15.9 Å². The van der Waals surface area contributed by atoms with Gasteiger partial charge in [0, 0.05) is 23.7 Å². The maximum atomic E-state index is 9.05. The van der Waals surface area contributed by atoms with E-state index < -0.39 is 0 Å². The van der Waals surface area contributed by atoms with E-state index in [1.54, 1.807) is 7.11 Å². The molecule has 0 spiro atoms. The number of aliphatic hydroxyl groups is 1. The van der Waals surface area contributed by atoms with Crippen LogP contribution in [0.15, 0.2) is 22.7 Å². The molecule has 18 heavy (non-hydrogen) atoms. The van der Waals surface area contributed by atoms with Crippen molar-refractivity contribution in [1.82, 2.24) is 5.32 Å². The predicted octanol–water partition coefficient (Wildman–Crippen LogP) is 2.95. The first-order valence-electron chi connectivity index (χ1n) is 6.25. The lowest BCUT2D eigenvalue weighted by Crippen LogP contribution is -2.34. The van der Waals surface area contributed by atoms with E-state index in [4.69, 9.17) is 9.84 Å². The molecule has 1 aromatic carbocycles. The summed E-state index contributed by atoms with van der Waals surface area (Å²) in [5, 5.41) is 12.5. The van der Waals surface area contributed by atoms with Crippen LogP contribution in [0.1, 0.15) is 25.8 Å². The van der Waals surface area contributed by atoms with Crippen LogP contribution in [0.2, 0.25) is 0 Å². The van der Waals surface area contributed by atoms with E-state index in [0.29, 0.717) is 12.0 Å². The Morgan fingerprint density at radius 2 is 2.11 bits per heavy atom. The van der Waals surface area contributed by atoms with Gasteiger partial charge in [-0.1, -0.05) is 29.8 Å². The van der Waals surface area contributed by atoms with Gasteiger partial charge in [-0.05, 0) is 36.1 Å². The van der Waals surface area contributed by atoms with Gasteiger partial charge in [-0.25, -0.2) is 0 Å². The van der Waals surface area contributed by atoms with Gasteiger partial charge in [-0.15, -0.1) is 0 Å². The number of halogens is 1. The lowest BCUT2D eigenvalue weighted by atomic mass is 10.0. The molecule has 0 heterocycles. The summed E-state index contributed by atoms with van der Waals surface area (Å²) in [5.41, 5.74) is 1.16. The molecule has 0 amide bonds. The molecule has 0 saturated carbocycles. The molecule has 4 heteroatoms. The minimum atomic E-state index is 0.217. The Hall–Kier alpha value is -0.580. The molecular weight excluding hydrogens is 294 g/mol. The van der Waals surface area contributed by atoms with E-state index in [1.165, 1.54) is 0 Å². The number of hydrogen-bond acceptors (Lipinski definition) is 3. The van der Waals surface area contributed by atoms with Gasteiger partial charge in [0.25, 0.3) is 0 Å². The SMILES string of the molecule is COc1ccc(Br)c(CNC(CCO)C(C)C)c1. The molecule has 0 saturated heterocycles. The van der Waals surface area contributed by atoms with Crippen LogP contribution in [0, 0.1) is 5.92 Å². The summed E-state index contributed by atoms with van der Waals surface area (Å²) in [6.07, 6.45) is 0.777. The van der Waals surface area contributed by atoms with Gasteiger partial charge in [0.2, 0.25) is 0 Å². The molecule has 2 N–H and O–H groups in total. The van der Waals surface area contributed by atoms with E-state index >= 15 is 0 Å². The lowest BCUT2D eigenvalue weighted by Gasteiger charge is -2.22. The van der Waals surface area contributed by atoms with Gasteiger partial charge in [0.1, 0.15) is 5.75 Å². The lowest BCUT2D eigenvalue weighted by molar-refractivity contribution is 0.243. The monoisotopic (exact) mass is 315 g/mol. The van der Waals surface area contributed by atoms with Gasteiger partial charge in [-0.3, -0.25) is 0 Å². The average molecular weight is 316 g/mol. The minimum absolute atomic E-state index is 0.217. The maximum absolute atomic E-state index is 9.05. The van der Waals surface area contributed by atoms with Crippen LogP contribution in [-0.4, -0.2) is 24.9 Å². The number of benzene rings is 1. The summed E-state index contributed by atoms with van der Waals surface area (Å²) < 4.78 is 6.29. The Balaban J connectivity index is 2.66. The normalized spacial score (nSPS) is 12.8. The third-order valence-corrected chi connectivity index (χ3v) is 3.83.